The molecule has 15 heteroatoms. The van der Waals surface area contributed by atoms with Gasteiger partial charge in [-0.3, -0.25) is 33.6 Å². The summed E-state index contributed by atoms with van der Waals surface area (Å²) in [4.78, 5) is 108. The molecule has 1 atom stereocenters. The maximum absolute atomic E-state index is 16.3. The van der Waals surface area contributed by atoms with E-state index in [1.54, 1.807) is 164 Å². The molecule has 4 aliphatic rings. The third kappa shape index (κ3) is 8.30. The zero-order valence-corrected chi connectivity index (χ0v) is 45.0. The summed E-state index contributed by atoms with van der Waals surface area (Å²) in [5.74, 6) is -6.63. The number of aliphatic hydroxyl groups is 1. The maximum Gasteiger partial charge on any atom is 0.333 e. The standard InChI is InChI=1S/C66H42O12S3/c67-54-45-27-15-13-25-43(45)47(56(54)69)29-41-30-49-51(65(41,61(71)75-33-37-17-5-1-6-18-37)62(72)76-34-38-19-7-2-8-20-38)52-59(80-49)60-53(58-50(81-60)32-42(79-58)31-48-44-26-14-16-28-46(44)55(68)57(48)70)66(52,63(73)77-35-39-21-9-3-10-22-39)64(74)78-36-40-23-11-4-12-24-40/h1-32,55,68H,33-36H2/b47-29-,48-31-. The van der Waals surface area contributed by atoms with Crippen molar-refractivity contribution in [2.75, 3.05) is 0 Å². The summed E-state index contributed by atoms with van der Waals surface area (Å²) in [6, 6.07) is 50.6. The van der Waals surface area contributed by atoms with E-state index in [0.29, 0.717) is 57.4 Å². The monoisotopic (exact) mass is 1120 g/mol. The lowest BCUT2D eigenvalue weighted by Gasteiger charge is -2.33. The molecule has 0 amide bonds. The van der Waals surface area contributed by atoms with E-state index in [-0.39, 0.29) is 75.8 Å². The lowest BCUT2D eigenvalue weighted by molar-refractivity contribution is -0.167. The van der Waals surface area contributed by atoms with Gasteiger partial charge in [-0.15, -0.1) is 34.0 Å². The number of benzene rings is 6. The third-order valence-electron chi connectivity index (χ3n) is 15.0. The van der Waals surface area contributed by atoms with E-state index in [1.807, 2.05) is 18.2 Å². The summed E-state index contributed by atoms with van der Waals surface area (Å²) in [6.45, 7) is -1.29. The van der Waals surface area contributed by atoms with Gasteiger partial charge < -0.3 is 24.1 Å². The van der Waals surface area contributed by atoms with Crippen LogP contribution in [0.25, 0.3) is 42.5 Å². The van der Waals surface area contributed by atoms with Crippen LogP contribution in [-0.4, -0.2) is 46.3 Å². The van der Waals surface area contributed by atoms with Gasteiger partial charge in [0.2, 0.25) is 22.4 Å². The minimum Gasteiger partial charge on any atom is -0.459 e. The van der Waals surface area contributed by atoms with Crippen LogP contribution in [0.4, 0.5) is 0 Å². The second kappa shape index (κ2) is 20.4. The van der Waals surface area contributed by atoms with Gasteiger partial charge in [0.1, 0.15) is 32.5 Å². The summed E-state index contributed by atoms with van der Waals surface area (Å²) in [5.41, 5.74) is -1.53. The minimum absolute atomic E-state index is 0.0784. The molecule has 0 saturated heterocycles. The normalized spacial score (nSPS) is 16.9. The highest BCUT2D eigenvalue weighted by Crippen LogP contribution is 2.66. The molecule has 0 saturated carbocycles. The number of ether oxygens (including phenoxy) is 4. The Hall–Kier alpha value is -9.25. The molecule has 13 rings (SSSR count). The molecule has 12 nitrogen and oxygen atoms in total. The van der Waals surface area contributed by atoms with Crippen LogP contribution >= 0.6 is 34.0 Å². The number of allylic oxidation sites excluding steroid dienone is 2. The van der Waals surface area contributed by atoms with Crippen molar-refractivity contribution in [3.63, 3.8) is 0 Å². The van der Waals surface area contributed by atoms with Gasteiger partial charge in [-0.05, 0) is 68.8 Å². The highest BCUT2D eigenvalue weighted by Gasteiger charge is 2.68. The van der Waals surface area contributed by atoms with Gasteiger partial charge in [-0.2, -0.15) is 0 Å². The number of esters is 4. The molecule has 0 aliphatic heterocycles. The van der Waals surface area contributed by atoms with E-state index in [9.17, 15) is 19.5 Å². The van der Waals surface area contributed by atoms with Gasteiger partial charge in [0.25, 0.3) is 0 Å². The summed E-state index contributed by atoms with van der Waals surface area (Å²) < 4.78 is 26.4. The number of hydrogen-bond acceptors (Lipinski definition) is 15. The van der Waals surface area contributed by atoms with Crippen LogP contribution in [0.2, 0.25) is 0 Å². The van der Waals surface area contributed by atoms with Crippen molar-refractivity contribution in [3.05, 3.63) is 259 Å². The predicted molar refractivity (Wildman–Crippen MR) is 306 cm³/mol. The molecular formula is C66H42O12S3. The highest BCUT2D eigenvalue weighted by molar-refractivity contribution is 7.32. The Bertz CT molecular complexity index is 4110. The molecule has 9 aromatic rings. The van der Waals surface area contributed by atoms with Crippen LogP contribution in [0, 0.1) is 0 Å². The number of thiophene rings is 3. The molecule has 1 N–H and O–H groups in total. The van der Waals surface area contributed by atoms with Crippen molar-refractivity contribution in [3.8, 4) is 9.75 Å². The Kier molecular flexibility index (Phi) is 12.9. The third-order valence-corrected chi connectivity index (χ3v) is 18.7. The van der Waals surface area contributed by atoms with Gasteiger partial charge in [-0.25, -0.2) is 0 Å². The Balaban J connectivity index is 1.08. The van der Waals surface area contributed by atoms with E-state index in [1.165, 1.54) is 34.8 Å². The molecule has 81 heavy (non-hydrogen) atoms. The number of fused-ring (bicyclic) bond motifs is 9. The van der Waals surface area contributed by atoms with Crippen LogP contribution in [0.15, 0.2) is 188 Å². The zero-order valence-electron chi connectivity index (χ0n) is 42.5. The average molecular weight is 1120 g/mol. The first-order chi connectivity index (χ1) is 39.5. The molecule has 3 aromatic heterocycles. The SMILES string of the molecule is O=C1C(=O)c2ccccc2/C1=C/C1=Cc2sc3c(c2C1(C(=O)OCc1ccccc1)C(=O)OCc1ccccc1)C(C(=O)OCc1ccccc1)(C(=O)OCc1ccccc1)c1c-3sc2cc(/C=C3\C(=O)C(O)c4ccccc43)sc12. The summed E-state index contributed by atoms with van der Waals surface area (Å²) in [6.07, 6.45) is 3.21. The Morgan fingerprint density at radius 3 is 1.46 bits per heavy atom. The minimum atomic E-state index is -2.71. The smallest absolute Gasteiger partial charge is 0.333 e. The number of ketones is 3. The molecule has 1 unspecified atom stereocenters. The van der Waals surface area contributed by atoms with E-state index in [4.69, 9.17) is 18.9 Å². The Morgan fingerprint density at radius 2 is 0.926 bits per heavy atom. The number of aliphatic hydroxyl groups excluding tert-OH is 1. The van der Waals surface area contributed by atoms with Gasteiger partial charge in [-0.1, -0.05) is 170 Å². The van der Waals surface area contributed by atoms with Crippen molar-refractivity contribution >= 4 is 108 Å². The summed E-state index contributed by atoms with van der Waals surface area (Å²) in [5, 5.41) is 11.0. The highest BCUT2D eigenvalue weighted by atomic mass is 32.1. The fourth-order valence-corrected chi connectivity index (χ4v) is 15.4. The van der Waals surface area contributed by atoms with Crippen LogP contribution < -0.4 is 0 Å². The average Bonchev–Trinajstić information content (AvgIpc) is 2.37. The number of Topliss-reactive ketones (excluding diaryl/α,β-unsaturated/α-hetero) is 3. The van der Waals surface area contributed by atoms with E-state index in [2.05, 4.69) is 0 Å². The molecular weight excluding hydrogens is 1080 g/mol. The van der Waals surface area contributed by atoms with Gasteiger partial charge >= 0.3 is 23.9 Å². The number of carbonyl (C=O) groups excluding carboxylic acids is 7. The second-order valence-electron chi connectivity index (χ2n) is 19.7. The first-order valence-corrected chi connectivity index (χ1v) is 28.2. The molecule has 3 heterocycles. The van der Waals surface area contributed by atoms with Crippen molar-refractivity contribution in [2.24, 2.45) is 0 Å². The van der Waals surface area contributed by atoms with Crippen LogP contribution in [-0.2, 0) is 85.0 Å². The largest absolute Gasteiger partial charge is 0.459 e. The Labute approximate surface area is 474 Å². The molecule has 396 valence electrons. The van der Waals surface area contributed by atoms with E-state index < -0.39 is 58.2 Å². The van der Waals surface area contributed by atoms with Crippen LogP contribution in [0.1, 0.15) is 81.9 Å². The summed E-state index contributed by atoms with van der Waals surface area (Å²) in [7, 11) is 0. The fraction of sp³-hybridized carbons (Fsp3) is 0.106. The molecule has 0 bridgehead atoms. The van der Waals surface area contributed by atoms with Gasteiger partial charge in [0.05, 0.1) is 14.5 Å². The first kappa shape index (κ1) is 51.2. The molecule has 0 fully saturated rings. The van der Waals surface area contributed by atoms with Crippen molar-refractivity contribution in [1.82, 2.24) is 0 Å². The lowest BCUT2D eigenvalue weighted by Crippen LogP contribution is -2.51. The van der Waals surface area contributed by atoms with Gasteiger partial charge in [0.15, 0.2) is 5.78 Å². The van der Waals surface area contributed by atoms with E-state index in [0.717, 1.165) is 11.3 Å². The fourth-order valence-electron chi connectivity index (χ4n) is 11.2. The van der Waals surface area contributed by atoms with Crippen molar-refractivity contribution in [1.29, 1.82) is 0 Å². The topological polar surface area (TPSA) is 177 Å². The molecule has 0 spiro atoms. The van der Waals surface area contributed by atoms with E-state index >= 15 is 19.2 Å². The van der Waals surface area contributed by atoms with Crippen molar-refractivity contribution < 1.29 is 57.6 Å². The molecule has 0 radical (unpaired) electrons. The Morgan fingerprint density at radius 1 is 0.469 bits per heavy atom. The number of rotatable bonds is 14. The quantitative estimate of drug-likeness (QED) is 0.0359. The maximum atomic E-state index is 16.3. The molecule has 6 aromatic carbocycles. The number of hydrogen-bond donors (Lipinski definition) is 1. The second-order valence-corrected chi connectivity index (χ2v) is 22.9. The molecule has 4 aliphatic carbocycles. The predicted octanol–water partition coefficient (Wildman–Crippen LogP) is 11.9. The zero-order chi connectivity index (χ0) is 55.6. The summed E-state index contributed by atoms with van der Waals surface area (Å²) >= 11 is 3.58. The van der Waals surface area contributed by atoms with Crippen LogP contribution in [0.5, 0.6) is 0 Å². The number of carbonyl (C=O) groups is 7. The van der Waals surface area contributed by atoms with Crippen LogP contribution in [0.3, 0.4) is 0 Å². The first-order valence-electron chi connectivity index (χ1n) is 25.7. The van der Waals surface area contributed by atoms with Crippen molar-refractivity contribution in [2.45, 2.75) is 43.4 Å². The van der Waals surface area contributed by atoms with Gasteiger partial charge in [0, 0.05) is 47.9 Å². The lowest BCUT2D eigenvalue weighted by atomic mass is 9.69.